The average Bonchev–Trinajstić information content (AvgIpc) is 3.18. The molecule has 1 unspecified atom stereocenters. The molecule has 4 rings (SSSR count). The van der Waals surface area contributed by atoms with Crippen molar-refractivity contribution in [3.63, 3.8) is 0 Å². The monoisotopic (exact) mass is 396 g/mol. The molecule has 6 nitrogen and oxygen atoms in total. The van der Waals surface area contributed by atoms with Gasteiger partial charge in [0.05, 0.1) is 0 Å². The third-order valence-corrected chi connectivity index (χ3v) is 5.71. The maximum absolute atomic E-state index is 14.1. The number of hydrogen-bond acceptors (Lipinski definition) is 4. The zero-order valence-electron chi connectivity index (χ0n) is 16.7. The minimum absolute atomic E-state index is 0.0994. The molecule has 0 aliphatic carbocycles. The number of fused-ring (bicyclic) bond motifs is 1. The van der Waals surface area contributed by atoms with Gasteiger partial charge in [0.2, 0.25) is 11.8 Å². The Hall–Kier alpha value is -3.09. The van der Waals surface area contributed by atoms with Gasteiger partial charge in [-0.2, -0.15) is 0 Å². The molecule has 2 amide bonds. The van der Waals surface area contributed by atoms with Crippen molar-refractivity contribution in [1.29, 1.82) is 0 Å². The van der Waals surface area contributed by atoms with Gasteiger partial charge in [-0.25, -0.2) is 4.39 Å². The Morgan fingerprint density at radius 3 is 2.59 bits per heavy atom. The Morgan fingerprint density at radius 2 is 1.90 bits per heavy atom. The number of halogens is 1. The minimum Gasteiger partial charge on any atom is -0.373 e. The zero-order valence-corrected chi connectivity index (χ0v) is 16.7. The normalized spacial score (nSPS) is 18.2. The predicted octanol–water partition coefficient (Wildman–Crippen LogP) is 2.78. The van der Waals surface area contributed by atoms with E-state index in [9.17, 15) is 14.0 Å². The van der Waals surface area contributed by atoms with Crippen molar-refractivity contribution in [2.45, 2.75) is 26.3 Å². The van der Waals surface area contributed by atoms with Gasteiger partial charge >= 0.3 is 0 Å². The van der Waals surface area contributed by atoms with E-state index < -0.39 is 6.04 Å². The maximum atomic E-state index is 14.1. The lowest BCUT2D eigenvalue weighted by molar-refractivity contribution is -0.129. The van der Waals surface area contributed by atoms with Crippen LogP contribution in [0.5, 0.6) is 0 Å². The predicted molar refractivity (Wildman–Crippen MR) is 112 cm³/mol. The first-order valence-corrected chi connectivity index (χ1v) is 9.88. The van der Waals surface area contributed by atoms with Crippen LogP contribution in [0.25, 0.3) is 0 Å². The van der Waals surface area contributed by atoms with Gasteiger partial charge in [0.1, 0.15) is 11.9 Å². The molecule has 2 aromatic rings. The molecule has 0 aromatic heterocycles. The fraction of sp³-hybridized carbons (Fsp3) is 0.364. The van der Waals surface area contributed by atoms with Crippen LogP contribution in [0.15, 0.2) is 36.4 Å². The summed E-state index contributed by atoms with van der Waals surface area (Å²) in [4.78, 5) is 28.3. The first kappa shape index (κ1) is 19.2. The summed E-state index contributed by atoms with van der Waals surface area (Å²) >= 11 is 0. The lowest BCUT2D eigenvalue weighted by Crippen LogP contribution is -2.48. The van der Waals surface area contributed by atoms with Crippen LogP contribution in [0.4, 0.5) is 21.5 Å². The highest BCUT2D eigenvalue weighted by molar-refractivity contribution is 5.98. The number of carbonyl (C=O) groups excluding carboxylic acids is 2. The lowest BCUT2D eigenvalue weighted by Gasteiger charge is -2.35. The summed E-state index contributed by atoms with van der Waals surface area (Å²) in [6, 6.07) is 10.4. The summed E-state index contributed by atoms with van der Waals surface area (Å²) < 4.78 is 14.1. The van der Waals surface area contributed by atoms with E-state index in [1.807, 2.05) is 36.1 Å². The van der Waals surface area contributed by atoms with Gasteiger partial charge in [0, 0.05) is 62.1 Å². The van der Waals surface area contributed by atoms with Crippen LogP contribution in [-0.4, -0.2) is 48.9 Å². The van der Waals surface area contributed by atoms with Crippen LogP contribution in [0, 0.1) is 12.7 Å². The number of nitrogens with zero attached hydrogens (tertiary/aromatic N) is 2. The van der Waals surface area contributed by atoms with Gasteiger partial charge in [-0.3, -0.25) is 9.59 Å². The molecule has 0 radical (unpaired) electrons. The molecule has 2 aliphatic heterocycles. The van der Waals surface area contributed by atoms with Crippen LogP contribution >= 0.6 is 0 Å². The number of carbonyl (C=O) groups is 2. The average molecular weight is 396 g/mol. The van der Waals surface area contributed by atoms with Gasteiger partial charge < -0.3 is 20.4 Å². The largest absolute Gasteiger partial charge is 0.373 e. The molecule has 152 valence electrons. The van der Waals surface area contributed by atoms with Gasteiger partial charge in [0.15, 0.2) is 0 Å². The summed E-state index contributed by atoms with van der Waals surface area (Å²) in [7, 11) is 0. The number of amides is 2. The van der Waals surface area contributed by atoms with Crippen molar-refractivity contribution >= 4 is 28.9 Å². The fourth-order valence-corrected chi connectivity index (χ4v) is 4.02. The molecule has 2 aliphatic rings. The second-order valence-corrected chi connectivity index (χ2v) is 7.65. The summed E-state index contributed by atoms with van der Waals surface area (Å²) in [5.41, 5.74) is 3.94. The molecule has 0 spiro atoms. The third-order valence-electron chi connectivity index (χ3n) is 5.71. The highest BCUT2D eigenvalue weighted by Gasteiger charge is 2.30. The minimum atomic E-state index is -0.497. The van der Waals surface area contributed by atoms with Crippen molar-refractivity contribution in [3.05, 3.63) is 53.3 Å². The van der Waals surface area contributed by atoms with Crippen LogP contribution in [0.3, 0.4) is 0 Å². The topological polar surface area (TPSA) is 64.7 Å². The SMILES string of the molecule is CC(=O)N1CCN(c2cccc(NC(=O)C3Cc4c(F)ccc(C)c4N3)c2)CC1. The molecule has 1 atom stereocenters. The van der Waals surface area contributed by atoms with Gasteiger partial charge in [-0.1, -0.05) is 12.1 Å². The molecule has 7 heteroatoms. The summed E-state index contributed by atoms with van der Waals surface area (Å²) in [6.07, 6.45) is 0.335. The van der Waals surface area contributed by atoms with Crippen LogP contribution < -0.4 is 15.5 Å². The van der Waals surface area contributed by atoms with E-state index in [0.29, 0.717) is 30.8 Å². The lowest BCUT2D eigenvalue weighted by atomic mass is 10.1. The van der Waals surface area contributed by atoms with E-state index in [4.69, 9.17) is 0 Å². The second kappa shape index (κ2) is 7.73. The van der Waals surface area contributed by atoms with Crippen molar-refractivity contribution < 1.29 is 14.0 Å². The standard InChI is InChI=1S/C22H25FN4O2/c1-14-6-7-19(23)18-13-20(25-21(14)18)22(29)24-16-4-3-5-17(12-16)27-10-8-26(9-11-27)15(2)28/h3-7,12,20,25H,8-11,13H2,1-2H3,(H,24,29). The number of hydrogen-bond donors (Lipinski definition) is 2. The van der Waals surface area contributed by atoms with Crippen LogP contribution in [0.1, 0.15) is 18.1 Å². The zero-order chi connectivity index (χ0) is 20.5. The van der Waals surface area contributed by atoms with E-state index in [1.165, 1.54) is 6.07 Å². The Bertz CT molecular complexity index is 923. The molecule has 1 fully saturated rings. The Kier molecular flexibility index (Phi) is 5.13. The van der Waals surface area contributed by atoms with Gasteiger partial charge in [-0.15, -0.1) is 0 Å². The number of aryl methyl sites for hydroxylation is 1. The summed E-state index contributed by atoms with van der Waals surface area (Å²) in [5.74, 6) is -0.360. The molecule has 0 bridgehead atoms. The van der Waals surface area contributed by atoms with Gasteiger partial charge in [-0.05, 0) is 36.8 Å². The van der Waals surface area contributed by atoms with Crippen LogP contribution in [-0.2, 0) is 16.0 Å². The number of rotatable bonds is 3. The Balaban J connectivity index is 1.41. The molecule has 0 saturated carbocycles. The molecule has 1 saturated heterocycles. The fourth-order valence-electron chi connectivity index (χ4n) is 4.02. The van der Waals surface area contributed by atoms with E-state index >= 15 is 0 Å². The molecular formula is C22H25FN4O2. The Labute approximate surface area is 169 Å². The summed E-state index contributed by atoms with van der Waals surface area (Å²) in [6.45, 7) is 6.40. The molecule has 29 heavy (non-hydrogen) atoms. The number of benzene rings is 2. The van der Waals surface area contributed by atoms with Gasteiger partial charge in [0.25, 0.3) is 0 Å². The number of piperazine rings is 1. The number of anilines is 3. The van der Waals surface area contributed by atoms with E-state index in [-0.39, 0.29) is 17.6 Å². The van der Waals surface area contributed by atoms with Crippen molar-refractivity contribution in [1.82, 2.24) is 4.90 Å². The third kappa shape index (κ3) is 3.90. The second-order valence-electron chi connectivity index (χ2n) is 7.65. The highest BCUT2D eigenvalue weighted by atomic mass is 19.1. The van der Waals surface area contributed by atoms with Crippen molar-refractivity contribution in [2.75, 3.05) is 41.7 Å². The van der Waals surface area contributed by atoms with E-state index in [1.54, 1.807) is 13.0 Å². The highest BCUT2D eigenvalue weighted by Crippen LogP contribution is 2.32. The van der Waals surface area contributed by atoms with Crippen LogP contribution in [0.2, 0.25) is 0 Å². The van der Waals surface area contributed by atoms with E-state index in [0.717, 1.165) is 30.0 Å². The Morgan fingerprint density at radius 1 is 1.14 bits per heavy atom. The van der Waals surface area contributed by atoms with E-state index in [2.05, 4.69) is 15.5 Å². The quantitative estimate of drug-likeness (QED) is 0.838. The smallest absolute Gasteiger partial charge is 0.247 e. The number of nitrogens with one attached hydrogen (secondary N) is 2. The molecule has 2 heterocycles. The first-order valence-electron chi connectivity index (χ1n) is 9.88. The summed E-state index contributed by atoms with van der Waals surface area (Å²) in [5, 5.41) is 6.11. The first-order chi connectivity index (χ1) is 13.9. The van der Waals surface area contributed by atoms with Crippen molar-refractivity contribution in [2.24, 2.45) is 0 Å². The van der Waals surface area contributed by atoms with Crippen molar-refractivity contribution in [3.8, 4) is 0 Å². The molecule has 2 aromatic carbocycles. The molecule has 2 N–H and O–H groups in total. The molecular weight excluding hydrogens is 371 g/mol. The maximum Gasteiger partial charge on any atom is 0.247 e.